The van der Waals surface area contributed by atoms with Crippen molar-refractivity contribution in [3.63, 3.8) is 0 Å². The molecule has 0 aromatic rings. The quantitative estimate of drug-likeness (QED) is 0.277. The SMILES string of the molecule is CC(C)(C)OC(=O)CCNC(=O)CCCC(=O)OCCCCNC(=O)OC(C)(C)C. The van der Waals surface area contributed by atoms with Gasteiger partial charge in [-0.2, -0.15) is 0 Å². The van der Waals surface area contributed by atoms with Crippen molar-refractivity contribution in [2.45, 2.75) is 91.3 Å². The van der Waals surface area contributed by atoms with E-state index in [0.717, 1.165) is 0 Å². The second-order valence-electron chi connectivity index (χ2n) is 8.90. The highest BCUT2D eigenvalue weighted by Crippen LogP contribution is 2.08. The second kappa shape index (κ2) is 13.8. The first kappa shape index (κ1) is 27.7. The second-order valence-corrected chi connectivity index (χ2v) is 8.90. The Bertz CT molecular complexity index is 563. The molecule has 0 heterocycles. The molecule has 9 nitrogen and oxygen atoms in total. The average Bonchev–Trinajstić information content (AvgIpc) is 2.54. The Morgan fingerprint density at radius 1 is 0.667 bits per heavy atom. The fraction of sp³-hybridized carbons (Fsp3) is 0.810. The van der Waals surface area contributed by atoms with Crippen molar-refractivity contribution in [3.8, 4) is 0 Å². The Hall–Kier alpha value is -2.32. The summed E-state index contributed by atoms with van der Waals surface area (Å²) in [5, 5.41) is 5.26. The normalized spacial score (nSPS) is 11.4. The van der Waals surface area contributed by atoms with E-state index in [-0.39, 0.29) is 50.3 Å². The zero-order valence-corrected chi connectivity index (χ0v) is 19.2. The third kappa shape index (κ3) is 19.0. The van der Waals surface area contributed by atoms with Crippen molar-refractivity contribution in [2.75, 3.05) is 19.7 Å². The molecule has 0 fully saturated rings. The number of nitrogens with one attached hydrogen (secondary N) is 2. The summed E-state index contributed by atoms with van der Waals surface area (Å²) in [6.07, 6.45) is 1.62. The van der Waals surface area contributed by atoms with E-state index in [9.17, 15) is 19.2 Å². The first-order valence-corrected chi connectivity index (χ1v) is 10.4. The Labute approximate surface area is 179 Å². The van der Waals surface area contributed by atoms with Crippen LogP contribution in [0.3, 0.4) is 0 Å². The number of unbranched alkanes of at least 4 members (excludes halogenated alkanes) is 1. The minimum Gasteiger partial charge on any atom is -0.466 e. The number of hydrogen-bond donors (Lipinski definition) is 2. The molecule has 0 unspecified atom stereocenters. The molecular formula is C21H38N2O7. The molecule has 2 N–H and O–H groups in total. The molecule has 0 bridgehead atoms. The monoisotopic (exact) mass is 430 g/mol. The van der Waals surface area contributed by atoms with Gasteiger partial charge in [0.15, 0.2) is 0 Å². The van der Waals surface area contributed by atoms with Crippen LogP contribution in [0, 0.1) is 0 Å². The van der Waals surface area contributed by atoms with E-state index in [1.807, 2.05) is 0 Å². The molecule has 0 aliphatic heterocycles. The van der Waals surface area contributed by atoms with Gasteiger partial charge in [0.25, 0.3) is 0 Å². The van der Waals surface area contributed by atoms with Crippen molar-refractivity contribution >= 4 is 23.9 Å². The summed E-state index contributed by atoms with van der Waals surface area (Å²) in [6.45, 7) is 11.6. The molecule has 0 spiro atoms. The van der Waals surface area contributed by atoms with E-state index in [4.69, 9.17) is 14.2 Å². The summed E-state index contributed by atoms with van der Waals surface area (Å²) in [7, 11) is 0. The topological polar surface area (TPSA) is 120 Å². The van der Waals surface area contributed by atoms with Gasteiger partial charge in [-0.15, -0.1) is 0 Å². The van der Waals surface area contributed by atoms with E-state index in [2.05, 4.69) is 10.6 Å². The third-order valence-corrected chi connectivity index (χ3v) is 3.36. The number of esters is 2. The van der Waals surface area contributed by atoms with E-state index in [1.54, 1.807) is 41.5 Å². The molecule has 0 saturated carbocycles. The van der Waals surface area contributed by atoms with E-state index < -0.39 is 17.3 Å². The molecule has 0 aliphatic carbocycles. The lowest BCUT2D eigenvalue weighted by atomic mass is 10.2. The summed E-state index contributed by atoms with van der Waals surface area (Å²) in [5.41, 5.74) is -1.08. The van der Waals surface area contributed by atoms with Crippen LogP contribution in [0.2, 0.25) is 0 Å². The maximum Gasteiger partial charge on any atom is 0.407 e. The van der Waals surface area contributed by atoms with Crippen LogP contribution in [0.5, 0.6) is 0 Å². The summed E-state index contributed by atoms with van der Waals surface area (Å²) in [4.78, 5) is 46.3. The molecule has 0 aliphatic rings. The van der Waals surface area contributed by atoms with Crippen LogP contribution < -0.4 is 10.6 Å². The molecule has 0 atom stereocenters. The van der Waals surface area contributed by atoms with Gasteiger partial charge in [-0.25, -0.2) is 4.79 Å². The largest absolute Gasteiger partial charge is 0.466 e. The highest BCUT2D eigenvalue weighted by molar-refractivity contribution is 5.78. The molecule has 9 heteroatoms. The van der Waals surface area contributed by atoms with Crippen LogP contribution in [0.4, 0.5) is 4.79 Å². The molecule has 0 radical (unpaired) electrons. The molecular weight excluding hydrogens is 392 g/mol. The van der Waals surface area contributed by atoms with Gasteiger partial charge in [0, 0.05) is 25.9 Å². The van der Waals surface area contributed by atoms with Gasteiger partial charge in [0.1, 0.15) is 11.2 Å². The number of ether oxygens (including phenoxy) is 3. The number of amides is 2. The summed E-state index contributed by atoms with van der Waals surface area (Å²) in [5.74, 6) is -0.955. The lowest BCUT2D eigenvalue weighted by molar-refractivity contribution is -0.154. The van der Waals surface area contributed by atoms with Crippen molar-refractivity contribution in [2.24, 2.45) is 0 Å². The fourth-order valence-corrected chi connectivity index (χ4v) is 2.17. The van der Waals surface area contributed by atoms with Crippen LogP contribution in [0.1, 0.15) is 80.1 Å². The Balaban J connectivity index is 3.64. The average molecular weight is 431 g/mol. The van der Waals surface area contributed by atoms with Gasteiger partial charge < -0.3 is 24.8 Å². The minimum atomic E-state index is -0.546. The summed E-state index contributed by atoms with van der Waals surface area (Å²) >= 11 is 0. The van der Waals surface area contributed by atoms with Crippen LogP contribution >= 0.6 is 0 Å². The third-order valence-electron chi connectivity index (χ3n) is 3.36. The number of carbonyl (C=O) groups is 4. The lowest BCUT2D eigenvalue weighted by Crippen LogP contribution is -2.33. The standard InChI is InChI=1S/C21H38N2O7/c1-20(2,3)29-18(26)12-14-22-16(24)10-9-11-17(25)28-15-8-7-13-23-19(27)30-21(4,5)6/h7-15H2,1-6H3,(H,22,24)(H,23,27). The van der Waals surface area contributed by atoms with Gasteiger partial charge in [0.2, 0.25) is 5.91 Å². The first-order chi connectivity index (χ1) is 13.8. The van der Waals surface area contributed by atoms with Crippen molar-refractivity contribution in [3.05, 3.63) is 0 Å². The van der Waals surface area contributed by atoms with Crippen molar-refractivity contribution < 1.29 is 33.4 Å². The van der Waals surface area contributed by atoms with E-state index >= 15 is 0 Å². The van der Waals surface area contributed by atoms with Gasteiger partial charge in [-0.3, -0.25) is 14.4 Å². The van der Waals surface area contributed by atoms with E-state index in [1.165, 1.54) is 0 Å². The molecule has 2 amide bonds. The van der Waals surface area contributed by atoms with Crippen molar-refractivity contribution in [1.29, 1.82) is 0 Å². The molecule has 30 heavy (non-hydrogen) atoms. The van der Waals surface area contributed by atoms with Gasteiger partial charge in [-0.05, 0) is 60.8 Å². The Kier molecular flexibility index (Phi) is 12.8. The predicted molar refractivity (Wildman–Crippen MR) is 112 cm³/mol. The van der Waals surface area contributed by atoms with Crippen molar-refractivity contribution in [1.82, 2.24) is 10.6 Å². The number of rotatable bonds is 12. The van der Waals surface area contributed by atoms with Gasteiger partial charge >= 0.3 is 18.0 Å². The van der Waals surface area contributed by atoms with Crippen LogP contribution in [-0.4, -0.2) is 54.8 Å². The van der Waals surface area contributed by atoms with Crippen LogP contribution in [0.25, 0.3) is 0 Å². The maximum atomic E-state index is 11.7. The zero-order chi connectivity index (χ0) is 23.2. The molecule has 0 rings (SSSR count). The van der Waals surface area contributed by atoms with Crippen LogP contribution in [-0.2, 0) is 28.6 Å². The van der Waals surface area contributed by atoms with Gasteiger partial charge in [-0.1, -0.05) is 0 Å². The summed E-state index contributed by atoms with van der Waals surface area (Å²) in [6, 6.07) is 0. The first-order valence-electron chi connectivity index (χ1n) is 10.4. The Morgan fingerprint density at radius 3 is 1.90 bits per heavy atom. The predicted octanol–water partition coefficient (Wildman–Crippen LogP) is 2.85. The summed E-state index contributed by atoms with van der Waals surface area (Å²) < 4.78 is 15.4. The molecule has 0 aromatic carbocycles. The molecule has 174 valence electrons. The number of carbonyl (C=O) groups excluding carboxylic acids is 4. The molecule has 0 saturated heterocycles. The van der Waals surface area contributed by atoms with Gasteiger partial charge in [0.05, 0.1) is 13.0 Å². The highest BCUT2D eigenvalue weighted by atomic mass is 16.6. The van der Waals surface area contributed by atoms with E-state index in [0.29, 0.717) is 25.8 Å². The lowest BCUT2D eigenvalue weighted by Gasteiger charge is -2.19. The highest BCUT2D eigenvalue weighted by Gasteiger charge is 2.16. The molecule has 0 aromatic heterocycles. The minimum absolute atomic E-state index is 0.105. The van der Waals surface area contributed by atoms with Crippen LogP contribution in [0.15, 0.2) is 0 Å². The zero-order valence-electron chi connectivity index (χ0n) is 19.2. The smallest absolute Gasteiger partial charge is 0.407 e. The number of hydrogen-bond acceptors (Lipinski definition) is 7. The Morgan fingerprint density at radius 2 is 1.30 bits per heavy atom. The maximum absolute atomic E-state index is 11.7. The fourth-order valence-electron chi connectivity index (χ4n) is 2.17. The number of alkyl carbamates (subject to hydrolysis) is 1.